The molecule has 0 bridgehead atoms. The minimum absolute atomic E-state index is 0.223. The smallest absolute Gasteiger partial charge is 0.251 e. The summed E-state index contributed by atoms with van der Waals surface area (Å²) in [6.07, 6.45) is 0.330. The van der Waals surface area contributed by atoms with Crippen LogP contribution in [0.4, 0.5) is 5.82 Å². The minimum Gasteiger partial charge on any atom is -0.340 e. The van der Waals surface area contributed by atoms with Gasteiger partial charge in [-0.25, -0.2) is 4.68 Å². The fourth-order valence-corrected chi connectivity index (χ4v) is 4.06. The molecule has 0 saturated heterocycles. The quantitative estimate of drug-likeness (QED) is 0.312. The normalized spacial score (nSPS) is 12.1. The molecule has 2 amide bonds. The lowest BCUT2D eigenvalue weighted by Crippen LogP contribution is -2.45. The molecule has 0 aliphatic carbocycles. The van der Waals surface area contributed by atoms with Gasteiger partial charge < -0.3 is 10.6 Å². The van der Waals surface area contributed by atoms with Crippen molar-refractivity contribution < 1.29 is 9.59 Å². The second-order valence-electron chi connectivity index (χ2n) is 10.1. The van der Waals surface area contributed by atoms with Crippen LogP contribution < -0.4 is 10.6 Å². The Balaban J connectivity index is 1.66. The maximum absolute atomic E-state index is 13.7. The van der Waals surface area contributed by atoms with Crippen molar-refractivity contribution in [3.63, 3.8) is 0 Å². The van der Waals surface area contributed by atoms with E-state index in [1.165, 1.54) is 0 Å². The van der Waals surface area contributed by atoms with Crippen molar-refractivity contribution >= 4 is 29.2 Å². The summed E-state index contributed by atoms with van der Waals surface area (Å²) in [7, 11) is 0. The van der Waals surface area contributed by atoms with Gasteiger partial charge in [-0.1, -0.05) is 80.9 Å². The number of amides is 2. The summed E-state index contributed by atoms with van der Waals surface area (Å²) in [6, 6.07) is 25.1. The van der Waals surface area contributed by atoms with Crippen molar-refractivity contribution in [2.24, 2.45) is 0 Å². The molecule has 1 atom stereocenters. The molecule has 0 spiro atoms. The number of aryl methyl sites for hydroxylation is 1. The first-order valence-electron chi connectivity index (χ1n) is 12.2. The van der Waals surface area contributed by atoms with Crippen molar-refractivity contribution in [1.29, 1.82) is 0 Å². The fourth-order valence-electron chi connectivity index (χ4n) is 3.94. The standard InChI is InChI=1S/C30H31ClN4O2/c1-20-10-8-9-13-25(20)35-27(19-26(34-35)30(2,3)4)33-29(37)24(18-21-11-6-5-7-12-21)32-28(36)22-14-16-23(31)17-15-22/h5-17,19,24H,18H2,1-4H3,(H,32,36)(H,33,37). The van der Waals surface area contributed by atoms with Gasteiger partial charge in [0.2, 0.25) is 5.91 Å². The molecule has 1 unspecified atom stereocenters. The molecule has 4 rings (SSSR count). The highest BCUT2D eigenvalue weighted by Crippen LogP contribution is 2.27. The lowest BCUT2D eigenvalue weighted by atomic mass is 9.92. The van der Waals surface area contributed by atoms with Gasteiger partial charge in [0.15, 0.2) is 0 Å². The van der Waals surface area contributed by atoms with Crippen molar-refractivity contribution in [2.75, 3.05) is 5.32 Å². The van der Waals surface area contributed by atoms with E-state index in [4.69, 9.17) is 16.7 Å². The van der Waals surface area contributed by atoms with Crippen LogP contribution in [0.5, 0.6) is 0 Å². The molecule has 7 heteroatoms. The second kappa shape index (κ2) is 11.0. The highest BCUT2D eigenvalue weighted by molar-refractivity contribution is 6.30. The summed E-state index contributed by atoms with van der Waals surface area (Å²) in [4.78, 5) is 26.7. The molecule has 37 heavy (non-hydrogen) atoms. The topological polar surface area (TPSA) is 76.0 Å². The van der Waals surface area contributed by atoms with Gasteiger partial charge >= 0.3 is 0 Å². The molecule has 2 N–H and O–H groups in total. The molecule has 0 aliphatic rings. The van der Waals surface area contributed by atoms with Crippen molar-refractivity contribution in [3.05, 3.63) is 112 Å². The van der Waals surface area contributed by atoms with Gasteiger partial charge in [0.1, 0.15) is 11.9 Å². The zero-order valence-corrected chi connectivity index (χ0v) is 22.2. The Bertz CT molecular complexity index is 1390. The van der Waals surface area contributed by atoms with Crippen molar-refractivity contribution in [2.45, 2.75) is 45.6 Å². The lowest BCUT2D eigenvalue weighted by molar-refractivity contribution is -0.118. The van der Waals surface area contributed by atoms with Crippen LogP contribution in [0, 0.1) is 6.92 Å². The summed E-state index contributed by atoms with van der Waals surface area (Å²) >= 11 is 5.98. The molecule has 1 heterocycles. The Morgan fingerprint density at radius 1 is 0.946 bits per heavy atom. The Morgan fingerprint density at radius 3 is 2.24 bits per heavy atom. The average Bonchev–Trinajstić information content (AvgIpc) is 3.29. The first kappa shape index (κ1) is 26.2. The van der Waals surface area contributed by atoms with Crippen LogP contribution in [0.3, 0.4) is 0 Å². The molecule has 0 radical (unpaired) electrons. The minimum atomic E-state index is -0.816. The van der Waals surface area contributed by atoms with Crippen LogP contribution in [-0.4, -0.2) is 27.6 Å². The molecule has 0 fully saturated rings. The molecular weight excluding hydrogens is 484 g/mol. The number of nitrogens with one attached hydrogen (secondary N) is 2. The predicted molar refractivity (Wildman–Crippen MR) is 148 cm³/mol. The van der Waals surface area contributed by atoms with Crippen LogP contribution in [0.2, 0.25) is 5.02 Å². The number of rotatable bonds is 7. The second-order valence-corrected chi connectivity index (χ2v) is 10.5. The van der Waals surface area contributed by atoms with Crippen LogP contribution in [-0.2, 0) is 16.6 Å². The monoisotopic (exact) mass is 514 g/mol. The van der Waals surface area contributed by atoms with E-state index >= 15 is 0 Å². The summed E-state index contributed by atoms with van der Waals surface area (Å²) in [6.45, 7) is 8.24. The molecule has 0 saturated carbocycles. The summed E-state index contributed by atoms with van der Waals surface area (Å²) < 4.78 is 1.76. The van der Waals surface area contributed by atoms with Gasteiger partial charge in [0, 0.05) is 28.5 Å². The molecule has 4 aromatic rings. The Hall–Kier alpha value is -3.90. The SMILES string of the molecule is Cc1ccccc1-n1nc(C(C)(C)C)cc1NC(=O)C(Cc1ccccc1)NC(=O)c1ccc(Cl)cc1. The molecule has 190 valence electrons. The number of anilines is 1. The first-order valence-corrected chi connectivity index (χ1v) is 12.6. The summed E-state index contributed by atoms with van der Waals surface area (Å²) in [5.41, 5.74) is 3.88. The van der Waals surface area contributed by atoms with Crippen LogP contribution in [0.25, 0.3) is 5.69 Å². The summed E-state index contributed by atoms with van der Waals surface area (Å²) in [5, 5.41) is 11.3. The van der Waals surface area contributed by atoms with E-state index in [0.717, 1.165) is 22.5 Å². The lowest BCUT2D eigenvalue weighted by Gasteiger charge is -2.19. The van der Waals surface area contributed by atoms with E-state index in [1.807, 2.05) is 67.6 Å². The van der Waals surface area contributed by atoms with Gasteiger partial charge in [-0.2, -0.15) is 5.10 Å². The van der Waals surface area contributed by atoms with E-state index in [-0.39, 0.29) is 17.2 Å². The largest absolute Gasteiger partial charge is 0.340 e. The molecular formula is C30H31ClN4O2. The van der Waals surface area contributed by atoms with Gasteiger partial charge in [-0.05, 0) is 48.4 Å². The Kier molecular flexibility index (Phi) is 7.79. The number of hydrogen-bond acceptors (Lipinski definition) is 3. The van der Waals surface area contributed by atoms with E-state index in [9.17, 15) is 9.59 Å². The third-order valence-electron chi connectivity index (χ3n) is 6.08. The third kappa shape index (κ3) is 6.46. The molecule has 3 aromatic carbocycles. The fraction of sp³-hybridized carbons (Fsp3) is 0.233. The number of para-hydroxylation sites is 1. The van der Waals surface area contributed by atoms with Gasteiger partial charge in [0.05, 0.1) is 11.4 Å². The number of aromatic nitrogens is 2. The average molecular weight is 515 g/mol. The predicted octanol–water partition coefficient (Wildman–Crippen LogP) is 6.11. The summed E-state index contributed by atoms with van der Waals surface area (Å²) in [5.74, 6) is -0.139. The zero-order chi connectivity index (χ0) is 26.6. The number of benzene rings is 3. The number of carbonyl (C=O) groups is 2. The van der Waals surface area contributed by atoms with Gasteiger partial charge in [-0.3, -0.25) is 9.59 Å². The van der Waals surface area contributed by atoms with Gasteiger partial charge in [-0.15, -0.1) is 0 Å². The number of halogens is 1. The van der Waals surface area contributed by atoms with E-state index < -0.39 is 6.04 Å². The molecule has 6 nitrogen and oxygen atoms in total. The Morgan fingerprint density at radius 2 is 1.59 bits per heavy atom. The van der Waals surface area contributed by atoms with Crippen LogP contribution >= 0.6 is 11.6 Å². The maximum atomic E-state index is 13.7. The van der Waals surface area contributed by atoms with E-state index in [1.54, 1.807) is 28.9 Å². The first-order chi connectivity index (χ1) is 17.6. The highest BCUT2D eigenvalue weighted by atomic mass is 35.5. The Labute approximate surface area is 222 Å². The maximum Gasteiger partial charge on any atom is 0.251 e. The van der Waals surface area contributed by atoms with E-state index in [2.05, 4.69) is 31.4 Å². The molecule has 0 aliphatic heterocycles. The highest BCUT2D eigenvalue weighted by Gasteiger charge is 2.26. The third-order valence-corrected chi connectivity index (χ3v) is 6.34. The van der Waals surface area contributed by atoms with Crippen LogP contribution in [0.1, 0.15) is 48.0 Å². The number of nitrogens with zero attached hydrogens (tertiary/aromatic N) is 2. The number of carbonyl (C=O) groups excluding carboxylic acids is 2. The number of hydrogen-bond donors (Lipinski definition) is 2. The van der Waals surface area contributed by atoms with Gasteiger partial charge in [0.25, 0.3) is 5.91 Å². The van der Waals surface area contributed by atoms with Crippen molar-refractivity contribution in [3.8, 4) is 5.69 Å². The molecule has 1 aromatic heterocycles. The van der Waals surface area contributed by atoms with Crippen LogP contribution in [0.15, 0.2) is 84.9 Å². The zero-order valence-electron chi connectivity index (χ0n) is 21.5. The van der Waals surface area contributed by atoms with Crippen molar-refractivity contribution in [1.82, 2.24) is 15.1 Å². The van der Waals surface area contributed by atoms with E-state index in [0.29, 0.717) is 22.8 Å².